The van der Waals surface area contributed by atoms with Gasteiger partial charge < -0.3 is 15.2 Å². The first-order valence-corrected chi connectivity index (χ1v) is 6.58. The van der Waals surface area contributed by atoms with Crippen LogP contribution in [0.3, 0.4) is 0 Å². The zero-order chi connectivity index (χ0) is 12.7. The number of hydrogen-bond acceptors (Lipinski definition) is 3. The van der Waals surface area contributed by atoms with Crippen molar-refractivity contribution in [2.75, 3.05) is 20.3 Å². The maximum Gasteiger partial charge on any atom is 0.306 e. The first kappa shape index (κ1) is 14.5. The van der Waals surface area contributed by atoms with Gasteiger partial charge >= 0.3 is 5.97 Å². The molecule has 1 rings (SSSR count). The summed E-state index contributed by atoms with van der Waals surface area (Å²) in [7, 11) is 1.72. The van der Waals surface area contributed by atoms with Crippen molar-refractivity contribution >= 4 is 5.97 Å². The molecule has 0 spiro atoms. The van der Waals surface area contributed by atoms with E-state index in [4.69, 9.17) is 9.84 Å². The number of methoxy groups -OCH3 is 1. The number of carbonyl (C=O) groups is 1. The number of hydrogen-bond donors (Lipinski definition) is 2. The van der Waals surface area contributed by atoms with Crippen LogP contribution in [0.15, 0.2) is 0 Å². The van der Waals surface area contributed by atoms with Crippen molar-refractivity contribution in [2.45, 2.75) is 45.1 Å². The molecular weight excluding hydrogens is 218 g/mol. The van der Waals surface area contributed by atoms with Gasteiger partial charge in [-0.05, 0) is 51.5 Å². The summed E-state index contributed by atoms with van der Waals surface area (Å²) in [5.74, 6) is -0.0716. The topological polar surface area (TPSA) is 58.6 Å². The standard InChI is InChI=1S/C13H25NO3/c1-10(7-8-17-2)14-9-11-3-5-12(6-4-11)13(15)16/h10-12,14H,3-9H2,1-2H3,(H,15,16). The van der Waals surface area contributed by atoms with E-state index in [9.17, 15) is 4.79 Å². The Hall–Kier alpha value is -0.610. The molecule has 0 amide bonds. The highest BCUT2D eigenvalue weighted by Crippen LogP contribution is 2.28. The molecular formula is C13H25NO3. The van der Waals surface area contributed by atoms with E-state index in [0.717, 1.165) is 45.3 Å². The molecule has 0 aromatic carbocycles. The summed E-state index contributed by atoms with van der Waals surface area (Å²) in [6.07, 6.45) is 4.80. The molecule has 2 N–H and O–H groups in total. The summed E-state index contributed by atoms with van der Waals surface area (Å²) in [5, 5.41) is 12.4. The van der Waals surface area contributed by atoms with E-state index < -0.39 is 5.97 Å². The van der Waals surface area contributed by atoms with Gasteiger partial charge in [0, 0.05) is 19.8 Å². The summed E-state index contributed by atoms with van der Waals surface area (Å²) in [5.41, 5.74) is 0. The number of carboxylic acids is 1. The van der Waals surface area contributed by atoms with Crippen molar-refractivity contribution in [3.05, 3.63) is 0 Å². The van der Waals surface area contributed by atoms with Crippen molar-refractivity contribution in [3.63, 3.8) is 0 Å². The molecule has 4 nitrogen and oxygen atoms in total. The molecule has 0 aliphatic heterocycles. The first-order chi connectivity index (χ1) is 8.13. The lowest BCUT2D eigenvalue weighted by Crippen LogP contribution is -2.34. The van der Waals surface area contributed by atoms with Crippen LogP contribution in [0.5, 0.6) is 0 Å². The van der Waals surface area contributed by atoms with Crippen molar-refractivity contribution < 1.29 is 14.6 Å². The molecule has 1 aliphatic rings. The Balaban J connectivity index is 2.11. The molecule has 0 bridgehead atoms. The van der Waals surface area contributed by atoms with Crippen LogP contribution in [0.1, 0.15) is 39.0 Å². The van der Waals surface area contributed by atoms with Gasteiger partial charge in [-0.25, -0.2) is 0 Å². The van der Waals surface area contributed by atoms with E-state index in [1.807, 2.05) is 0 Å². The van der Waals surface area contributed by atoms with Crippen LogP contribution < -0.4 is 5.32 Å². The van der Waals surface area contributed by atoms with Gasteiger partial charge in [0.05, 0.1) is 5.92 Å². The highest BCUT2D eigenvalue weighted by atomic mass is 16.5. The van der Waals surface area contributed by atoms with E-state index >= 15 is 0 Å². The van der Waals surface area contributed by atoms with Gasteiger partial charge in [0.15, 0.2) is 0 Å². The van der Waals surface area contributed by atoms with Crippen molar-refractivity contribution in [3.8, 4) is 0 Å². The lowest BCUT2D eigenvalue weighted by Gasteiger charge is -2.27. The Bertz CT molecular complexity index is 225. The maximum absolute atomic E-state index is 10.8. The van der Waals surface area contributed by atoms with Gasteiger partial charge in [-0.3, -0.25) is 4.79 Å². The lowest BCUT2D eigenvalue weighted by molar-refractivity contribution is -0.143. The summed E-state index contributed by atoms with van der Waals surface area (Å²) < 4.78 is 5.04. The van der Waals surface area contributed by atoms with Crippen LogP contribution in [0.25, 0.3) is 0 Å². The largest absolute Gasteiger partial charge is 0.481 e. The minimum absolute atomic E-state index is 0.0998. The second-order valence-electron chi connectivity index (χ2n) is 5.15. The van der Waals surface area contributed by atoms with Gasteiger partial charge in [0.25, 0.3) is 0 Å². The van der Waals surface area contributed by atoms with Gasteiger partial charge in [-0.15, -0.1) is 0 Å². The van der Waals surface area contributed by atoms with Gasteiger partial charge in [0.2, 0.25) is 0 Å². The Labute approximate surface area is 104 Å². The molecule has 0 heterocycles. The van der Waals surface area contributed by atoms with Gasteiger partial charge in [0.1, 0.15) is 0 Å². The molecule has 100 valence electrons. The lowest BCUT2D eigenvalue weighted by atomic mass is 9.82. The highest BCUT2D eigenvalue weighted by Gasteiger charge is 2.25. The van der Waals surface area contributed by atoms with Gasteiger partial charge in [-0.2, -0.15) is 0 Å². The predicted molar refractivity (Wildman–Crippen MR) is 67.0 cm³/mol. The fourth-order valence-electron chi connectivity index (χ4n) is 2.38. The summed E-state index contributed by atoms with van der Waals surface area (Å²) in [4.78, 5) is 10.8. The Morgan fingerprint density at radius 1 is 1.41 bits per heavy atom. The normalized spacial score (nSPS) is 26.7. The Morgan fingerprint density at radius 2 is 2.06 bits per heavy atom. The van der Waals surface area contributed by atoms with Crippen molar-refractivity contribution in [1.82, 2.24) is 5.32 Å². The zero-order valence-electron chi connectivity index (χ0n) is 10.9. The monoisotopic (exact) mass is 243 g/mol. The predicted octanol–water partition coefficient (Wildman–Crippen LogP) is 1.89. The van der Waals surface area contributed by atoms with E-state index in [0.29, 0.717) is 12.0 Å². The Morgan fingerprint density at radius 3 is 2.59 bits per heavy atom. The smallest absolute Gasteiger partial charge is 0.306 e. The van der Waals surface area contributed by atoms with Crippen LogP contribution in [-0.2, 0) is 9.53 Å². The molecule has 0 aromatic rings. The van der Waals surface area contributed by atoms with Crippen LogP contribution in [0.2, 0.25) is 0 Å². The third kappa shape index (κ3) is 5.50. The third-order valence-corrected chi connectivity index (χ3v) is 3.71. The summed E-state index contributed by atoms with van der Waals surface area (Å²) in [6.45, 7) is 3.97. The average molecular weight is 243 g/mol. The number of rotatable bonds is 7. The molecule has 1 unspecified atom stereocenters. The van der Waals surface area contributed by atoms with Crippen LogP contribution in [0, 0.1) is 11.8 Å². The van der Waals surface area contributed by atoms with Crippen molar-refractivity contribution in [1.29, 1.82) is 0 Å². The molecule has 0 aromatic heterocycles. The number of carboxylic acid groups (broad SMARTS) is 1. The third-order valence-electron chi connectivity index (χ3n) is 3.71. The molecule has 4 heteroatoms. The van der Waals surface area contributed by atoms with E-state index in [-0.39, 0.29) is 5.92 Å². The number of ether oxygens (including phenoxy) is 1. The molecule has 1 aliphatic carbocycles. The number of aliphatic carboxylic acids is 1. The average Bonchev–Trinajstić information content (AvgIpc) is 2.34. The fourth-order valence-corrected chi connectivity index (χ4v) is 2.38. The Kier molecular flexibility index (Phi) is 6.52. The first-order valence-electron chi connectivity index (χ1n) is 6.58. The molecule has 0 radical (unpaired) electrons. The van der Waals surface area contributed by atoms with Gasteiger partial charge in [-0.1, -0.05) is 0 Å². The van der Waals surface area contributed by atoms with E-state index in [2.05, 4.69) is 12.2 Å². The minimum Gasteiger partial charge on any atom is -0.481 e. The van der Waals surface area contributed by atoms with Crippen LogP contribution in [0.4, 0.5) is 0 Å². The molecule has 0 saturated heterocycles. The SMILES string of the molecule is COCCC(C)NCC1CCC(C(=O)O)CC1. The van der Waals surface area contributed by atoms with Crippen LogP contribution in [-0.4, -0.2) is 37.4 Å². The maximum atomic E-state index is 10.8. The molecule has 1 saturated carbocycles. The second kappa shape index (κ2) is 7.67. The fraction of sp³-hybridized carbons (Fsp3) is 0.923. The van der Waals surface area contributed by atoms with Crippen LogP contribution >= 0.6 is 0 Å². The summed E-state index contributed by atoms with van der Waals surface area (Å²) in [6, 6.07) is 0.479. The minimum atomic E-state index is -0.620. The quantitative estimate of drug-likeness (QED) is 0.717. The molecule has 1 fully saturated rings. The second-order valence-corrected chi connectivity index (χ2v) is 5.15. The van der Waals surface area contributed by atoms with Crippen molar-refractivity contribution in [2.24, 2.45) is 11.8 Å². The van der Waals surface area contributed by atoms with E-state index in [1.165, 1.54) is 0 Å². The van der Waals surface area contributed by atoms with E-state index in [1.54, 1.807) is 7.11 Å². The molecule has 1 atom stereocenters. The zero-order valence-corrected chi connectivity index (χ0v) is 10.9. The molecule has 17 heavy (non-hydrogen) atoms. The number of nitrogens with one attached hydrogen (secondary N) is 1. The summed E-state index contributed by atoms with van der Waals surface area (Å²) >= 11 is 0. The highest BCUT2D eigenvalue weighted by molar-refractivity contribution is 5.69.